The predicted molar refractivity (Wildman–Crippen MR) is 61.5 cm³/mol. The Kier molecular flexibility index (Phi) is 2.18. The molecule has 0 aliphatic rings. The molecule has 0 aliphatic heterocycles. The molecule has 0 fully saturated rings. The summed E-state index contributed by atoms with van der Waals surface area (Å²) in [5.74, 6) is 0. The van der Waals surface area contributed by atoms with Crippen LogP contribution in [0, 0.1) is 0 Å². The average Bonchev–Trinajstić information content (AvgIpc) is 2.20. The summed E-state index contributed by atoms with van der Waals surface area (Å²) in [6, 6.07) is 19.5. The van der Waals surface area contributed by atoms with Crippen LogP contribution in [0.2, 0.25) is 0 Å². The van der Waals surface area contributed by atoms with Crippen molar-refractivity contribution in [3.05, 3.63) is 54.6 Å². The summed E-state index contributed by atoms with van der Waals surface area (Å²) in [7, 11) is 0.357. The third kappa shape index (κ3) is 1.81. The van der Waals surface area contributed by atoms with E-state index in [0.29, 0.717) is 7.85 Å². The highest BCUT2D eigenvalue weighted by atomic mass is 14.0. The first-order valence-corrected chi connectivity index (χ1v) is 3.98. The molecule has 0 spiro atoms. The summed E-state index contributed by atoms with van der Waals surface area (Å²) in [6.07, 6.45) is 0. The smallest absolute Gasteiger partial charge is 0.0184 e. The lowest BCUT2D eigenvalue weighted by molar-refractivity contribution is 1.64. The van der Waals surface area contributed by atoms with Crippen molar-refractivity contribution in [1.82, 2.24) is 0 Å². The average molecular weight is 167 g/mol. The van der Waals surface area contributed by atoms with Crippen LogP contribution in [0.3, 0.4) is 0 Å². The van der Waals surface area contributed by atoms with Crippen molar-refractivity contribution in [1.29, 1.82) is 0 Å². The normalized spacial score (nSPS) is 9.92. The van der Waals surface area contributed by atoms with Crippen LogP contribution in [0.5, 0.6) is 0 Å². The second-order valence-electron chi connectivity index (χ2n) is 2.65. The van der Waals surface area contributed by atoms with Gasteiger partial charge >= 0.3 is 0 Å². The Labute approximate surface area is 79.6 Å². The van der Waals surface area contributed by atoms with Gasteiger partial charge in [0, 0.05) is 0 Å². The van der Waals surface area contributed by atoms with Gasteiger partial charge in [-0.1, -0.05) is 54.6 Å². The zero-order chi connectivity index (χ0) is 9.10. The first-order valence-electron chi connectivity index (χ1n) is 3.98. The lowest BCUT2D eigenvalue weighted by Gasteiger charge is -2.02. The zero-order valence-electron chi connectivity index (χ0n) is 6.70. The van der Waals surface area contributed by atoms with Gasteiger partial charge in [-0.15, -0.1) is 0 Å². The van der Waals surface area contributed by atoms with Crippen molar-refractivity contribution in [3.63, 3.8) is 0 Å². The highest BCUT2D eigenvalue weighted by Gasteiger charge is 1.92. The van der Waals surface area contributed by atoms with Crippen LogP contribution in [0.25, 0.3) is 11.1 Å². The van der Waals surface area contributed by atoms with E-state index >= 15 is 0 Å². The third-order valence-electron chi connectivity index (χ3n) is 1.83. The van der Waals surface area contributed by atoms with Gasteiger partial charge in [0.15, 0.2) is 0 Å². The molecule has 0 bridgehead atoms. The number of benzene rings is 2. The van der Waals surface area contributed by atoms with Crippen molar-refractivity contribution < 1.29 is 0 Å². The van der Waals surface area contributed by atoms with E-state index in [9.17, 15) is 0 Å². The van der Waals surface area contributed by atoms with Crippen LogP contribution in [-0.2, 0) is 0 Å². The Bertz CT molecular complexity index is 376. The highest BCUT2D eigenvalue weighted by molar-refractivity contribution is 6.32. The fraction of sp³-hybridized carbons (Fsp3) is 0. The summed E-state index contributed by atoms with van der Waals surface area (Å²) < 4.78 is 0. The number of hydrogen-bond acceptors (Lipinski definition) is 0. The van der Waals surface area contributed by atoms with Gasteiger partial charge in [-0.2, -0.15) is 0 Å². The van der Waals surface area contributed by atoms with Gasteiger partial charge in [-0.3, -0.25) is 0 Å². The van der Waals surface area contributed by atoms with E-state index in [1.165, 1.54) is 11.1 Å². The molecular weight excluding hydrogens is 155 g/mol. The third-order valence-corrected chi connectivity index (χ3v) is 1.83. The van der Waals surface area contributed by atoms with Gasteiger partial charge in [-0.05, 0) is 19.0 Å². The summed E-state index contributed by atoms with van der Waals surface area (Å²) in [4.78, 5) is 0. The molecule has 0 heterocycles. The SMILES string of the molecule is [BH3-]c1ccc(-c2ccccc2)cc1. The van der Waals surface area contributed by atoms with E-state index in [2.05, 4.69) is 54.6 Å². The van der Waals surface area contributed by atoms with Crippen LogP contribution in [-0.4, -0.2) is 7.85 Å². The monoisotopic (exact) mass is 167 g/mol. The minimum Gasteiger partial charge on any atom is -0.221 e. The molecule has 2 aromatic rings. The molecular formula is C12H12B-. The lowest BCUT2D eigenvalue weighted by atomic mass is 9.94. The van der Waals surface area contributed by atoms with Gasteiger partial charge in [-0.25, -0.2) is 5.46 Å². The molecule has 1 heteroatoms. The first kappa shape index (κ1) is 8.12. The molecule has 0 nitrogen and oxygen atoms in total. The molecule has 0 N–H and O–H groups in total. The largest absolute Gasteiger partial charge is 0.221 e. The molecule has 0 amide bonds. The van der Waals surface area contributed by atoms with Crippen LogP contribution < -0.4 is 5.46 Å². The topological polar surface area (TPSA) is 0 Å². The van der Waals surface area contributed by atoms with Crippen molar-refractivity contribution in [2.45, 2.75) is 0 Å². The maximum Gasteiger partial charge on any atom is -0.0184 e. The quantitative estimate of drug-likeness (QED) is 0.562. The number of hydrogen-bond donors (Lipinski definition) is 0. The Morgan fingerprint density at radius 3 is 1.77 bits per heavy atom. The van der Waals surface area contributed by atoms with E-state index in [1.54, 1.807) is 5.46 Å². The van der Waals surface area contributed by atoms with Gasteiger partial charge < -0.3 is 0 Å². The minimum absolute atomic E-state index is 0.357. The molecule has 13 heavy (non-hydrogen) atoms. The molecule has 0 atom stereocenters. The zero-order valence-corrected chi connectivity index (χ0v) is 6.70. The predicted octanol–water partition coefficient (Wildman–Crippen LogP) is 1.34. The molecule has 0 saturated heterocycles. The first-order chi connectivity index (χ1) is 6.36. The van der Waals surface area contributed by atoms with E-state index < -0.39 is 0 Å². The lowest BCUT2D eigenvalue weighted by Crippen LogP contribution is -1.98. The maximum atomic E-state index is 2.25. The fourth-order valence-electron chi connectivity index (χ4n) is 1.21. The maximum absolute atomic E-state index is 2.25. The summed E-state index contributed by atoms with van der Waals surface area (Å²) in [6.45, 7) is 0. The van der Waals surface area contributed by atoms with Crippen molar-refractivity contribution in [2.24, 2.45) is 0 Å². The molecule has 0 aliphatic carbocycles. The molecule has 0 saturated carbocycles. The second kappa shape index (κ2) is 3.48. The minimum atomic E-state index is 0.357. The van der Waals surface area contributed by atoms with E-state index in [1.807, 2.05) is 0 Å². The van der Waals surface area contributed by atoms with Crippen LogP contribution in [0.15, 0.2) is 54.6 Å². The van der Waals surface area contributed by atoms with Crippen LogP contribution in [0.1, 0.15) is 0 Å². The van der Waals surface area contributed by atoms with Crippen LogP contribution >= 0.6 is 0 Å². The molecule has 0 radical (unpaired) electrons. The Hall–Kier alpha value is -1.50. The highest BCUT2D eigenvalue weighted by Crippen LogP contribution is 2.16. The van der Waals surface area contributed by atoms with Gasteiger partial charge in [0.2, 0.25) is 0 Å². The molecule has 0 aromatic heterocycles. The standard InChI is InChI=1S/C12H12B/c13-12-8-6-11(7-9-12)10-4-2-1-3-5-10/h1-9H,13H3/q-1. The second-order valence-corrected chi connectivity index (χ2v) is 2.65. The van der Waals surface area contributed by atoms with Crippen molar-refractivity contribution >= 4 is 13.3 Å². The summed E-state index contributed by atoms with van der Waals surface area (Å²) in [5, 5.41) is 0. The van der Waals surface area contributed by atoms with Gasteiger partial charge in [0.1, 0.15) is 0 Å². The molecule has 0 unspecified atom stereocenters. The van der Waals surface area contributed by atoms with Gasteiger partial charge in [0.05, 0.1) is 0 Å². The summed E-state index contributed by atoms with van der Waals surface area (Å²) in [5.41, 5.74) is 4.19. The van der Waals surface area contributed by atoms with Crippen molar-refractivity contribution in [2.75, 3.05) is 0 Å². The fourth-order valence-corrected chi connectivity index (χ4v) is 1.21. The Morgan fingerprint density at radius 1 is 0.615 bits per heavy atom. The Balaban J connectivity index is 2.42. The summed E-state index contributed by atoms with van der Waals surface area (Å²) >= 11 is 0. The van der Waals surface area contributed by atoms with E-state index in [-0.39, 0.29) is 0 Å². The molecule has 64 valence electrons. The number of rotatable bonds is 1. The van der Waals surface area contributed by atoms with Crippen molar-refractivity contribution in [3.8, 4) is 11.1 Å². The van der Waals surface area contributed by atoms with E-state index in [4.69, 9.17) is 0 Å². The van der Waals surface area contributed by atoms with E-state index in [0.717, 1.165) is 0 Å². The molecule has 2 aromatic carbocycles. The van der Waals surface area contributed by atoms with Crippen LogP contribution in [0.4, 0.5) is 0 Å². The molecule has 2 rings (SSSR count). The Morgan fingerprint density at radius 2 is 1.15 bits per heavy atom. The van der Waals surface area contributed by atoms with Gasteiger partial charge in [0.25, 0.3) is 0 Å².